The fraction of sp³-hybridized carbons (Fsp3) is 0.520. The molecule has 2 fully saturated rings. The number of aromatic nitrogens is 1. The molecule has 8 heteroatoms. The Morgan fingerprint density at radius 2 is 1.67 bits per heavy atom. The van der Waals surface area contributed by atoms with Gasteiger partial charge in [-0.1, -0.05) is 58.0 Å². The van der Waals surface area contributed by atoms with Crippen LogP contribution in [0, 0.1) is 16.7 Å². The van der Waals surface area contributed by atoms with Gasteiger partial charge < -0.3 is 4.90 Å². The average molecular weight is 469 g/mol. The first-order valence-corrected chi connectivity index (χ1v) is 12.4. The van der Waals surface area contributed by atoms with Crippen molar-refractivity contribution in [3.05, 3.63) is 52.0 Å². The van der Waals surface area contributed by atoms with Crippen LogP contribution >= 0.6 is 11.3 Å². The van der Waals surface area contributed by atoms with Crippen LogP contribution in [0.3, 0.4) is 0 Å². The number of nitrogens with zero attached hydrogens (tertiary/aromatic N) is 2. The number of carbonyl (C=O) groups is 3. The Morgan fingerprint density at radius 3 is 2.27 bits per heavy atom. The van der Waals surface area contributed by atoms with Crippen molar-refractivity contribution in [1.82, 2.24) is 20.7 Å². The van der Waals surface area contributed by atoms with Gasteiger partial charge in [0.2, 0.25) is 11.8 Å². The molecule has 0 bridgehead atoms. The average Bonchev–Trinajstić information content (AvgIpc) is 3.12. The third-order valence-corrected chi connectivity index (χ3v) is 8.71. The third-order valence-electron chi connectivity index (χ3n) is 7.70. The Bertz CT molecular complexity index is 1020. The quantitative estimate of drug-likeness (QED) is 0.657. The second kappa shape index (κ2) is 8.89. The molecule has 7 nitrogen and oxygen atoms in total. The number of hydrogen-bond donors (Lipinski definition) is 2. The Labute approximate surface area is 198 Å². The minimum atomic E-state index is -0.426. The van der Waals surface area contributed by atoms with Crippen molar-refractivity contribution < 1.29 is 14.4 Å². The number of hydrazine groups is 1. The van der Waals surface area contributed by atoms with Crippen LogP contribution in [0.15, 0.2) is 35.7 Å². The summed E-state index contributed by atoms with van der Waals surface area (Å²) in [5, 5.41) is 2.63. The monoisotopic (exact) mass is 468 g/mol. The number of hydrogen-bond acceptors (Lipinski definition) is 5. The van der Waals surface area contributed by atoms with E-state index in [0.717, 1.165) is 36.5 Å². The summed E-state index contributed by atoms with van der Waals surface area (Å²) in [6, 6.07) is 9.34. The summed E-state index contributed by atoms with van der Waals surface area (Å²) in [6.45, 7) is 10.2. The molecule has 0 spiro atoms. The molecule has 1 aliphatic carbocycles. The second-order valence-electron chi connectivity index (χ2n) is 10.2. The minimum absolute atomic E-state index is 0.0506. The predicted octanol–water partition coefficient (Wildman–Crippen LogP) is 3.54. The van der Waals surface area contributed by atoms with Gasteiger partial charge in [-0.25, -0.2) is 4.98 Å². The zero-order valence-electron chi connectivity index (χ0n) is 19.7. The van der Waals surface area contributed by atoms with Crippen molar-refractivity contribution in [3.8, 4) is 0 Å². The molecule has 1 aromatic carbocycles. The van der Waals surface area contributed by atoms with E-state index in [1.807, 2.05) is 35.2 Å². The maximum Gasteiger partial charge on any atom is 0.289 e. The topological polar surface area (TPSA) is 91.4 Å². The standard InChI is InChI=1S/C25H32N4O3S/c1-24(2)20(25(24,3)4)23(32)29-12-10-17(11-13-29)22-26-18(15-33-22)21(31)28-27-19(30)14-16-8-6-5-7-9-16/h5-9,15,17,20H,10-14H2,1-4H3,(H,27,30)(H,28,31). The summed E-state index contributed by atoms with van der Waals surface area (Å²) in [5.41, 5.74) is 6.17. The molecule has 1 saturated heterocycles. The first-order chi connectivity index (χ1) is 15.6. The molecule has 0 atom stereocenters. The first-order valence-electron chi connectivity index (χ1n) is 11.5. The van der Waals surface area contributed by atoms with E-state index >= 15 is 0 Å². The van der Waals surface area contributed by atoms with Gasteiger partial charge in [-0.3, -0.25) is 25.2 Å². The molecule has 4 rings (SSSR count). The van der Waals surface area contributed by atoms with Crippen molar-refractivity contribution in [2.75, 3.05) is 13.1 Å². The SMILES string of the molecule is CC1(C)C(C(=O)N2CCC(c3nc(C(=O)NNC(=O)Cc4ccccc4)cs3)CC2)C1(C)C. The number of amides is 3. The van der Waals surface area contributed by atoms with E-state index in [0.29, 0.717) is 5.69 Å². The molecule has 176 valence electrons. The van der Waals surface area contributed by atoms with Gasteiger partial charge in [-0.15, -0.1) is 11.3 Å². The highest BCUT2D eigenvalue weighted by molar-refractivity contribution is 7.09. The Morgan fingerprint density at radius 1 is 1.03 bits per heavy atom. The van der Waals surface area contributed by atoms with E-state index in [1.54, 1.807) is 5.38 Å². The maximum atomic E-state index is 13.0. The number of benzene rings is 1. The van der Waals surface area contributed by atoms with Gasteiger partial charge >= 0.3 is 0 Å². The van der Waals surface area contributed by atoms with Gasteiger partial charge in [0.1, 0.15) is 5.69 Å². The van der Waals surface area contributed by atoms with Crippen molar-refractivity contribution in [1.29, 1.82) is 0 Å². The van der Waals surface area contributed by atoms with Gasteiger partial charge in [-0.2, -0.15) is 0 Å². The number of rotatable bonds is 5. The third kappa shape index (κ3) is 4.67. The molecule has 1 aliphatic heterocycles. The summed E-state index contributed by atoms with van der Waals surface area (Å²) in [7, 11) is 0. The number of piperidine rings is 1. The molecule has 3 amide bonds. The maximum absolute atomic E-state index is 13.0. The molecular weight excluding hydrogens is 436 g/mol. The Balaban J connectivity index is 1.25. The lowest BCUT2D eigenvalue weighted by molar-refractivity contribution is -0.135. The largest absolute Gasteiger partial charge is 0.342 e. The zero-order valence-corrected chi connectivity index (χ0v) is 20.5. The van der Waals surface area contributed by atoms with Gasteiger partial charge in [0.25, 0.3) is 5.91 Å². The number of thiazole rings is 1. The van der Waals surface area contributed by atoms with Crippen LogP contribution in [-0.2, 0) is 16.0 Å². The van der Waals surface area contributed by atoms with Gasteiger partial charge in [0, 0.05) is 30.3 Å². The summed E-state index contributed by atoms with van der Waals surface area (Å²) >= 11 is 1.46. The van der Waals surface area contributed by atoms with Crippen LogP contribution < -0.4 is 10.9 Å². The van der Waals surface area contributed by atoms with Crippen LogP contribution in [0.25, 0.3) is 0 Å². The summed E-state index contributed by atoms with van der Waals surface area (Å²) < 4.78 is 0. The molecule has 33 heavy (non-hydrogen) atoms. The summed E-state index contributed by atoms with van der Waals surface area (Å²) in [6.07, 6.45) is 1.89. The van der Waals surface area contributed by atoms with Crippen molar-refractivity contribution in [3.63, 3.8) is 0 Å². The highest BCUT2D eigenvalue weighted by Gasteiger charge is 2.68. The molecule has 1 saturated carbocycles. The molecular formula is C25H32N4O3S. The van der Waals surface area contributed by atoms with Crippen molar-refractivity contribution in [2.24, 2.45) is 16.7 Å². The Hall–Kier alpha value is -2.74. The van der Waals surface area contributed by atoms with E-state index in [9.17, 15) is 14.4 Å². The van der Waals surface area contributed by atoms with E-state index < -0.39 is 5.91 Å². The molecule has 2 heterocycles. The smallest absolute Gasteiger partial charge is 0.289 e. The van der Waals surface area contributed by atoms with Crippen molar-refractivity contribution in [2.45, 2.75) is 52.9 Å². The molecule has 0 unspecified atom stereocenters. The van der Waals surface area contributed by atoms with Crippen LogP contribution in [0.2, 0.25) is 0 Å². The fourth-order valence-corrected chi connectivity index (χ4v) is 5.91. The van der Waals surface area contributed by atoms with Crippen molar-refractivity contribution >= 4 is 29.1 Å². The number of nitrogens with one attached hydrogen (secondary N) is 2. The lowest BCUT2D eigenvalue weighted by Gasteiger charge is -2.31. The van der Waals surface area contributed by atoms with E-state index in [4.69, 9.17) is 0 Å². The van der Waals surface area contributed by atoms with Gasteiger partial charge in [0.15, 0.2) is 0 Å². The first kappa shape index (κ1) is 23.4. The van der Waals surface area contributed by atoms with Crippen LogP contribution in [-0.4, -0.2) is 40.7 Å². The fourth-order valence-electron chi connectivity index (χ4n) is 4.94. The lowest BCUT2D eigenvalue weighted by Crippen LogP contribution is -2.42. The number of carbonyl (C=O) groups excluding carboxylic acids is 3. The zero-order chi connectivity index (χ0) is 23.8. The van der Waals surface area contributed by atoms with Crippen LogP contribution in [0.4, 0.5) is 0 Å². The second-order valence-corrected chi connectivity index (χ2v) is 11.1. The summed E-state index contributed by atoms with van der Waals surface area (Å²) in [5.74, 6) is -0.106. The van der Waals surface area contributed by atoms with E-state index in [-0.39, 0.29) is 40.9 Å². The molecule has 2 N–H and O–H groups in total. The normalized spacial score (nSPS) is 19.7. The molecule has 1 aromatic heterocycles. The highest BCUT2D eigenvalue weighted by Crippen LogP contribution is 2.68. The lowest BCUT2D eigenvalue weighted by atomic mass is 9.96. The van der Waals surface area contributed by atoms with Crippen LogP contribution in [0.1, 0.15) is 67.5 Å². The predicted molar refractivity (Wildman–Crippen MR) is 127 cm³/mol. The summed E-state index contributed by atoms with van der Waals surface area (Å²) in [4.78, 5) is 44.0. The molecule has 2 aromatic rings. The molecule has 2 aliphatic rings. The van der Waals surface area contributed by atoms with Crippen LogP contribution in [0.5, 0.6) is 0 Å². The molecule has 0 radical (unpaired) electrons. The minimum Gasteiger partial charge on any atom is -0.342 e. The van der Waals surface area contributed by atoms with Gasteiger partial charge in [0.05, 0.1) is 11.4 Å². The Kier molecular flexibility index (Phi) is 6.31. The number of likely N-dealkylation sites (tertiary alicyclic amines) is 1. The van der Waals surface area contributed by atoms with Gasteiger partial charge in [-0.05, 0) is 29.2 Å². The van der Waals surface area contributed by atoms with E-state index in [1.165, 1.54) is 11.3 Å². The highest BCUT2D eigenvalue weighted by atomic mass is 32.1. The van der Waals surface area contributed by atoms with E-state index in [2.05, 4.69) is 43.5 Å².